The average molecular weight is 964 g/mol. The van der Waals surface area contributed by atoms with Crippen molar-refractivity contribution in [2.75, 3.05) is 26.4 Å². The maximum absolute atomic E-state index is 12.8. The molecule has 4 rings (SSSR count). The minimum atomic E-state index is -3.31. The van der Waals surface area contributed by atoms with Gasteiger partial charge in [0.05, 0.1) is 50.7 Å². The van der Waals surface area contributed by atoms with Crippen molar-refractivity contribution < 1.29 is 134 Å². The van der Waals surface area contributed by atoms with Gasteiger partial charge in [-0.05, 0) is 0 Å². The molecule has 3 amide bonds. The largest absolute Gasteiger partial charge is 0.544 e. The van der Waals surface area contributed by atoms with Crippen molar-refractivity contribution in [3.63, 3.8) is 0 Å². The number of carbonyl (C=O) groups is 5. The van der Waals surface area contributed by atoms with E-state index in [4.69, 9.17) is 33.2 Å². The van der Waals surface area contributed by atoms with Crippen LogP contribution in [-0.4, -0.2) is 256 Å². The Hall–Kier alpha value is -3.45. The normalized spacial score (nSPS) is 41.4. The molecule has 0 unspecified atom stereocenters. The molecule has 0 saturated carbocycles. The van der Waals surface area contributed by atoms with E-state index in [9.17, 15) is 101 Å². The van der Waals surface area contributed by atoms with Gasteiger partial charge < -0.3 is 135 Å². The van der Waals surface area contributed by atoms with Crippen molar-refractivity contribution in [1.29, 1.82) is 0 Å². The number of carboxylic acids is 2. The molecule has 4 fully saturated rings. The maximum atomic E-state index is 12.8. The number of carboxylic acid groups (broad SMARTS) is 2. The highest BCUT2D eigenvalue weighted by molar-refractivity contribution is 5.76. The Bertz CT molecular complexity index is 1680. The molecule has 0 radical (unpaired) electrons. The van der Waals surface area contributed by atoms with Crippen LogP contribution in [0.4, 0.5) is 0 Å². The van der Waals surface area contributed by atoms with Crippen molar-refractivity contribution in [3.8, 4) is 0 Å². The first-order valence-electron chi connectivity index (χ1n) is 20.3. The van der Waals surface area contributed by atoms with E-state index in [1.807, 2.05) is 0 Å². The Labute approximate surface area is 373 Å². The lowest BCUT2D eigenvalue weighted by Gasteiger charge is -2.52. The zero-order valence-corrected chi connectivity index (χ0v) is 35.3. The third-order valence-electron chi connectivity index (χ3n) is 11.3. The van der Waals surface area contributed by atoms with Gasteiger partial charge in [-0.25, -0.2) is 0 Å². The number of amides is 3. The summed E-state index contributed by atoms with van der Waals surface area (Å²) in [6.45, 7) is -1.68. The van der Waals surface area contributed by atoms with E-state index in [0.29, 0.717) is 0 Å². The summed E-state index contributed by atoms with van der Waals surface area (Å²) in [7, 11) is 0. The third kappa shape index (κ3) is 12.0. The van der Waals surface area contributed by atoms with E-state index in [-0.39, 0.29) is 0 Å². The second-order valence-corrected chi connectivity index (χ2v) is 16.2. The Morgan fingerprint density at radius 1 is 0.636 bits per heavy atom. The first-order valence-corrected chi connectivity index (χ1v) is 20.3. The van der Waals surface area contributed by atoms with Crippen LogP contribution in [0.1, 0.15) is 33.6 Å². The summed E-state index contributed by atoms with van der Waals surface area (Å²) in [6.07, 6.45) is -38.7. The number of aliphatic hydroxyl groups is 13. The van der Waals surface area contributed by atoms with Crippen molar-refractivity contribution in [3.05, 3.63) is 0 Å². The molecule has 0 bridgehead atoms. The summed E-state index contributed by atoms with van der Waals surface area (Å²) in [6, 6.07) is -5.15. The second-order valence-electron chi connectivity index (χ2n) is 16.2. The lowest BCUT2D eigenvalue weighted by molar-refractivity contribution is -0.410. The van der Waals surface area contributed by atoms with Gasteiger partial charge in [0.2, 0.25) is 29.3 Å². The minimum absolute atomic E-state index is 0.808. The highest BCUT2D eigenvalue weighted by Crippen LogP contribution is 2.39. The Balaban J connectivity index is 1.66. The van der Waals surface area contributed by atoms with E-state index >= 15 is 0 Å². The zero-order chi connectivity index (χ0) is 49.7. The molecule has 0 aliphatic carbocycles. The Morgan fingerprint density at radius 3 is 1.52 bits per heavy atom. The van der Waals surface area contributed by atoms with Crippen molar-refractivity contribution in [2.24, 2.45) is 0 Å². The molecule has 0 aromatic heterocycles. The molecule has 0 aromatic carbocycles. The monoisotopic (exact) mass is 963 g/mol. The number of hydrogen-bond acceptors (Lipinski definition) is 27. The van der Waals surface area contributed by atoms with Crippen molar-refractivity contribution in [2.45, 2.75) is 167 Å². The molecule has 4 aliphatic rings. The fraction of sp³-hybridized carbons (Fsp3) is 0.861. The van der Waals surface area contributed by atoms with E-state index in [2.05, 4.69) is 16.0 Å². The molecule has 380 valence electrons. The SMILES string of the molecule is CC(=O)N[C@@H]1[C@@H](O[C@@H]2O[C@H](CO)[C@H](O)[C@H](O[C@]3(C(=O)[O-])C[C@H](O)[C@@H](NC(C)=O)[C@H]([C@H](O)[C@H](O)CO)O3)[C@H]2O)[C@@H](O)[C@@H](CO[C@]2(C(=O)[O-])C[C@H](O)[C@@H](NC(C)=O)[C@H]([C@H](O)[C@H](O)CO)O2)O[C@H]1O. The lowest BCUT2D eigenvalue weighted by atomic mass is 9.88. The molecule has 66 heavy (non-hydrogen) atoms. The number of aliphatic hydroxyl groups excluding tert-OH is 13. The molecule has 0 spiro atoms. The number of carbonyl (C=O) groups excluding carboxylic acids is 5. The topological polar surface area (TPSA) is 495 Å². The molecule has 4 aliphatic heterocycles. The number of rotatable bonds is 19. The van der Waals surface area contributed by atoms with Crippen LogP contribution in [-0.2, 0) is 57.1 Å². The second kappa shape index (κ2) is 22.8. The molecule has 0 aromatic rings. The highest BCUT2D eigenvalue weighted by atomic mass is 16.8. The highest BCUT2D eigenvalue weighted by Gasteiger charge is 2.59. The molecule has 4 saturated heterocycles. The van der Waals surface area contributed by atoms with E-state index in [0.717, 1.165) is 20.8 Å². The van der Waals surface area contributed by atoms with Crippen molar-refractivity contribution in [1.82, 2.24) is 16.0 Å². The van der Waals surface area contributed by atoms with Crippen LogP contribution in [0.5, 0.6) is 0 Å². The van der Waals surface area contributed by atoms with Crippen LogP contribution in [0, 0.1) is 0 Å². The zero-order valence-electron chi connectivity index (χ0n) is 35.3. The molecular weight excluding hydrogens is 906 g/mol. The summed E-state index contributed by atoms with van der Waals surface area (Å²) in [4.78, 5) is 61.5. The number of ether oxygens (including phenoxy) is 7. The van der Waals surface area contributed by atoms with Crippen LogP contribution in [0.2, 0.25) is 0 Å². The van der Waals surface area contributed by atoms with Crippen LogP contribution >= 0.6 is 0 Å². The summed E-state index contributed by atoms with van der Waals surface area (Å²) < 4.78 is 38.7. The smallest absolute Gasteiger partial charge is 0.217 e. The first kappa shape index (κ1) is 55.1. The number of hydrogen-bond donors (Lipinski definition) is 16. The first-order chi connectivity index (χ1) is 30.8. The number of aliphatic carboxylic acids is 2. The summed E-state index contributed by atoms with van der Waals surface area (Å²) in [5, 5.41) is 170. The number of nitrogens with one attached hydrogen (secondary N) is 3. The molecule has 30 heteroatoms. The predicted octanol–water partition coefficient (Wildman–Crippen LogP) is -13.6. The van der Waals surface area contributed by atoms with E-state index in [1.54, 1.807) is 0 Å². The van der Waals surface area contributed by atoms with Gasteiger partial charge >= 0.3 is 0 Å². The van der Waals surface area contributed by atoms with Gasteiger partial charge in [-0.2, -0.15) is 0 Å². The van der Waals surface area contributed by atoms with Crippen LogP contribution in [0.15, 0.2) is 0 Å². The molecule has 22 atom stereocenters. The van der Waals surface area contributed by atoms with Crippen LogP contribution < -0.4 is 26.2 Å². The third-order valence-corrected chi connectivity index (χ3v) is 11.3. The van der Waals surface area contributed by atoms with Gasteiger partial charge in [-0.3, -0.25) is 14.4 Å². The predicted molar refractivity (Wildman–Crippen MR) is 198 cm³/mol. The van der Waals surface area contributed by atoms with Crippen LogP contribution in [0.3, 0.4) is 0 Å². The van der Waals surface area contributed by atoms with Gasteiger partial charge in [0.15, 0.2) is 12.6 Å². The molecular formula is C36H57N3O27-2. The summed E-state index contributed by atoms with van der Waals surface area (Å²) in [5.74, 6) is -13.5. The quantitative estimate of drug-likeness (QED) is 0.0571. The van der Waals surface area contributed by atoms with Crippen molar-refractivity contribution >= 4 is 29.7 Å². The fourth-order valence-electron chi connectivity index (χ4n) is 8.03. The summed E-state index contributed by atoms with van der Waals surface area (Å²) >= 11 is 0. The Kier molecular flexibility index (Phi) is 19.0. The molecule has 4 heterocycles. The van der Waals surface area contributed by atoms with Gasteiger partial charge in [-0.15, -0.1) is 0 Å². The standard InChI is InChI=1S/C36H59N3O27/c1-10(43)37-19-13(46)4-35(33(56)57,64-28(19)22(50)15(48)6-40)60-9-18-25(53)27(21(31(55)61-18)39-12(3)45)63-32-26(54)30(24(52)17(8-42)62-32)66-36(34(58)59)5-14(47)20(38-11(2)44)29(65-36)23(51)16(49)7-41/h13-32,40-42,46-55H,4-9H2,1-3H3,(H,37,43)(H,38,44)(H,39,45)(H,56,57)(H,58,59)/p-2/t13-,14-,15+,16+,17+,18+,19+,20+,21+,22+,23+,24-,25-,26+,27+,28+,29+,30-,31+,32-,35+,36-/m0/s1. The lowest BCUT2D eigenvalue weighted by Crippen LogP contribution is -2.72. The van der Waals surface area contributed by atoms with E-state index in [1.165, 1.54) is 0 Å². The molecule has 16 N–H and O–H groups in total. The Morgan fingerprint density at radius 2 is 1.08 bits per heavy atom. The van der Waals surface area contributed by atoms with Gasteiger partial charge in [0, 0.05) is 33.6 Å². The van der Waals surface area contributed by atoms with E-state index < -0.39 is 203 Å². The van der Waals surface area contributed by atoms with Crippen LogP contribution in [0.25, 0.3) is 0 Å². The van der Waals surface area contributed by atoms with Gasteiger partial charge in [-0.1, -0.05) is 0 Å². The fourth-order valence-corrected chi connectivity index (χ4v) is 8.03. The average Bonchev–Trinajstić information content (AvgIpc) is 3.24. The van der Waals surface area contributed by atoms with Gasteiger partial charge in [0.1, 0.15) is 97.3 Å². The minimum Gasteiger partial charge on any atom is -0.544 e. The maximum Gasteiger partial charge on any atom is 0.217 e. The van der Waals surface area contributed by atoms with Gasteiger partial charge in [0.25, 0.3) is 0 Å². The summed E-state index contributed by atoms with van der Waals surface area (Å²) in [5.41, 5.74) is 0. The molecule has 30 nitrogen and oxygen atoms in total.